The van der Waals surface area contributed by atoms with Gasteiger partial charge in [-0.1, -0.05) is 12.1 Å². The summed E-state index contributed by atoms with van der Waals surface area (Å²) in [4.78, 5) is 24.3. The molecule has 0 fully saturated rings. The third kappa shape index (κ3) is 2.82. The number of ether oxygens (including phenoxy) is 3. The minimum atomic E-state index is -1.20. The van der Waals surface area contributed by atoms with E-state index in [0.29, 0.717) is 11.3 Å². The van der Waals surface area contributed by atoms with Gasteiger partial charge in [-0.15, -0.1) is 0 Å². The van der Waals surface area contributed by atoms with Crippen LogP contribution in [0.15, 0.2) is 36.4 Å². The smallest absolute Gasteiger partial charge is 0.389 e. The van der Waals surface area contributed by atoms with Gasteiger partial charge in [0.05, 0.1) is 12.2 Å². The van der Waals surface area contributed by atoms with Crippen LogP contribution in [0, 0.1) is 12.7 Å². The summed E-state index contributed by atoms with van der Waals surface area (Å²) >= 11 is 0. The van der Waals surface area contributed by atoms with Crippen LogP contribution in [-0.2, 0) is 9.53 Å². The standard InChI is InChI=1S/C18H15FO5/c1-3-22-17(21)18-23-14-8-10(2)12(9-15(14)24-18)16(20)11-6-4-5-7-13(11)19/h4-9,18H,3H2,1-2H3. The lowest BCUT2D eigenvalue weighted by Crippen LogP contribution is -2.30. The van der Waals surface area contributed by atoms with Gasteiger partial charge in [0.15, 0.2) is 17.3 Å². The maximum Gasteiger partial charge on any atom is 0.389 e. The molecule has 0 amide bonds. The highest BCUT2D eigenvalue weighted by Crippen LogP contribution is 2.38. The number of fused-ring (bicyclic) bond motifs is 1. The van der Waals surface area contributed by atoms with E-state index in [0.717, 1.165) is 0 Å². The zero-order valence-electron chi connectivity index (χ0n) is 13.2. The molecule has 0 bridgehead atoms. The van der Waals surface area contributed by atoms with Crippen molar-refractivity contribution in [3.8, 4) is 11.5 Å². The van der Waals surface area contributed by atoms with Crippen LogP contribution in [0.2, 0.25) is 0 Å². The average molecular weight is 330 g/mol. The first-order chi connectivity index (χ1) is 11.5. The normalized spacial score (nSPS) is 15.2. The Morgan fingerprint density at radius 3 is 2.46 bits per heavy atom. The van der Waals surface area contributed by atoms with E-state index in [1.54, 1.807) is 26.0 Å². The Morgan fingerprint density at radius 1 is 1.12 bits per heavy atom. The fraction of sp³-hybridized carbons (Fsp3) is 0.222. The maximum atomic E-state index is 13.8. The molecule has 2 aromatic rings. The molecule has 2 aromatic carbocycles. The number of hydrogen-bond acceptors (Lipinski definition) is 5. The van der Waals surface area contributed by atoms with Crippen LogP contribution in [0.25, 0.3) is 0 Å². The first kappa shape index (κ1) is 16.0. The van der Waals surface area contributed by atoms with Crippen molar-refractivity contribution in [3.05, 3.63) is 58.9 Å². The number of halogens is 1. The summed E-state index contributed by atoms with van der Waals surface area (Å²) in [6, 6.07) is 8.80. The first-order valence-corrected chi connectivity index (χ1v) is 7.45. The molecule has 5 nitrogen and oxygen atoms in total. The molecule has 0 saturated heterocycles. The predicted molar refractivity (Wildman–Crippen MR) is 82.7 cm³/mol. The van der Waals surface area contributed by atoms with Crippen LogP contribution in [0.3, 0.4) is 0 Å². The lowest BCUT2D eigenvalue weighted by atomic mass is 9.98. The molecule has 0 N–H and O–H groups in total. The molecule has 1 unspecified atom stereocenters. The molecular weight excluding hydrogens is 315 g/mol. The maximum absolute atomic E-state index is 13.8. The number of carbonyl (C=O) groups is 2. The molecular formula is C18H15FO5. The third-order valence-corrected chi connectivity index (χ3v) is 3.60. The van der Waals surface area contributed by atoms with Crippen LogP contribution in [0.4, 0.5) is 4.39 Å². The second-order valence-electron chi connectivity index (χ2n) is 5.24. The second-order valence-corrected chi connectivity index (χ2v) is 5.24. The summed E-state index contributed by atoms with van der Waals surface area (Å²) in [6.45, 7) is 3.58. The minimum absolute atomic E-state index is 0.0265. The Balaban J connectivity index is 1.91. The molecule has 1 aliphatic heterocycles. The van der Waals surface area contributed by atoms with E-state index in [1.165, 1.54) is 24.3 Å². The summed E-state index contributed by atoms with van der Waals surface area (Å²) in [5.41, 5.74) is 0.850. The fourth-order valence-electron chi connectivity index (χ4n) is 2.44. The molecule has 1 heterocycles. The lowest BCUT2D eigenvalue weighted by molar-refractivity contribution is -0.161. The van der Waals surface area contributed by atoms with E-state index < -0.39 is 23.9 Å². The van der Waals surface area contributed by atoms with Gasteiger partial charge in [-0.05, 0) is 43.7 Å². The van der Waals surface area contributed by atoms with Crippen LogP contribution in [-0.4, -0.2) is 24.6 Å². The molecule has 1 aliphatic rings. The Labute approximate surface area is 138 Å². The topological polar surface area (TPSA) is 61.8 Å². The van der Waals surface area contributed by atoms with Crippen LogP contribution < -0.4 is 9.47 Å². The summed E-state index contributed by atoms with van der Waals surface area (Å²) < 4.78 is 29.5. The fourth-order valence-corrected chi connectivity index (χ4v) is 2.44. The van der Waals surface area contributed by atoms with E-state index in [9.17, 15) is 14.0 Å². The zero-order valence-corrected chi connectivity index (χ0v) is 13.2. The van der Waals surface area contributed by atoms with Crippen molar-refractivity contribution >= 4 is 11.8 Å². The van der Waals surface area contributed by atoms with Gasteiger partial charge >= 0.3 is 12.3 Å². The highest BCUT2D eigenvalue weighted by atomic mass is 19.1. The number of aryl methyl sites for hydroxylation is 1. The Kier molecular flexibility index (Phi) is 4.20. The minimum Gasteiger partial charge on any atom is -0.460 e. The second kappa shape index (κ2) is 6.31. The van der Waals surface area contributed by atoms with E-state index in [4.69, 9.17) is 14.2 Å². The Bertz CT molecular complexity index is 815. The molecule has 0 aromatic heterocycles. The number of ketones is 1. The lowest BCUT2D eigenvalue weighted by Gasteiger charge is -2.08. The van der Waals surface area contributed by atoms with Gasteiger partial charge in [-0.3, -0.25) is 4.79 Å². The van der Waals surface area contributed by atoms with Gasteiger partial charge in [0.25, 0.3) is 0 Å². The monoisotopic (exact) mass is 330 g/mol. The molecule has 1 atom stereocenters. The van der Waals surface area contributed by atoms with Crippen molar-refractivity contribution in [2.45, 2.75) is 20.1 Å². The van der Waals surface area contributed by atoms with Crippen molar-refractivity contribution in [2.24, 2.45) is 0 Å². The SMILES string of the molecule is CCOC(=O)C1Oc2cc(C)c(C(=O)c3ccccc3F)cc2O1. The van der Waals surface area contributed by atoms with E-state index in [-0.39, 0.29) is 23.5 Å². The molecule has 0 radical (unpaired) electrons. The highest BCUT2D eigenvalue weighted by molar-refractivity contribution is 6.10. The van der Waals surface area contributed by atoms with Crippen molar-refractivity contribution in [1.82, 2.24) is 0 Å². The van der Waals surface area contributed by atoms with Crippen molar-refractivity contribution in [2.75, 3.05) is 6.61 Å². The number of carbonyl (C=O) groups excluding carboxylic acids is 2. The van der Waals surface area contributed by atoms with Gasteiger partial charge in [0.1, 0.15) is 5.82 Å². The number of rotatable bonds is 4. The number of benzene rings is 2. The van der Waals surface area contributed by atoms with Gasteiger partial charge in [-0.2, -0.15) is 0 Å². The summed E-state index contributed by atoms with van der Waals surface area (Å²) in [5.74, 6) is -1.11. The molecule has 3 rings (SSSR count). The van der Waals surface area contributed by atoms with Crippen LogP contribution in [0.5, 0.6) is 11.5 Å². The summed E-state index contributed by atoms with van der Waals surface area (Å²) in [5, 5.41) is 0. The Hall–Kier alpha value is -2.89. The largest absolute Gasteiger partial charge is 0.460 e. The Morgan fingerprint density at radius 2 is 1.79 bits per heavy atom. The highest BCUT2D eigenvalue weighted by Gasteiger charge is 2.33. The van der Waals surface area contributed by atoms with Gasteiger partial charge in [0, 0.05) is 5.56 Å². The molecule has 0 saturated carbocycles. The van der Waals surface area contributed by atoms with E-state index in [1.807, 2.05) is 0 Å². The van der Waals surface area contributed by atoms with Gasteiger partial charge in [0.2, 0.25) is 0 Å². The average Bonchev–Trinajstić information content (AvgIpc) is 2.97. The molecule has 0 spiro atoms. The first-order valence-electron chi connectivity index (χ1n) is 7.45. The van der Waals surface area contributed by atoms with Gasteiger partial charge in [-0.25, -0.2) is 9.18 Å². The van der Waals surface area contributed by atoms with Crippen molar-refractivity contribution < 1.29 is 28.2 Å². The van der Waals surface area contributed by atoms with Crippen LogP contribution >= 0.6 is 0 Å². The molecule has 6 heteroatoms. The zero-order chi connectivity index (χ0) is 17.3. The summed E-state index contributed by atoms with van der Waals surface area (Å²) in [7, 11) is 0. The quantitative estimate of drug-likeness (QED) is 0.637. The summed E-state index contributed by atoms with van der Waals surface area (Å²) in [6.07, 6.45) is -1.20. The third-order valence-electron chi connectivity index (χ3n) is 3.60. The predicted octanol–water partition coefficient (Wildman–Crippen LogP) is 3.03. The number of esters is 1. The van der Waals surface area contributed by atoms with E-state index >= 15 is 0 Å². The van der Waals surface area contributed by atoms with Crippen LogP contribution in [0.1, 0.15) is 28.4 Å². The van der Waals surface area contributed by atoms with Crippen molar-refractivity contribution in [3.63, 3.8) is 0 Å². The molecule has 0 aliphatic carbocycles. The number of hydrogen-bond donors (Lipinski definition) is 0. The molecule has 24 heavy (non-hydrogen) atoms. The van der Waals surface area contributed by atoms with Crippen molar-refractivity contribution in [1.29, 1.82) is 0 Å². The van der Waals surface area contributed by atoms with E-state index in [2.05, 4.69) is 0 Å². The van der Waals surface area contributed by atoms with Gasteiger partial charge < -0.3 is 14.2 Å². The molecule has 124 valence electrons.